The molecule has 8 nitrogen and oxygen atoms in total. The lowest BCUT2D eigenvalue weighted by atomic mass is 9.97. The standard InChI is InChI=1S/C27H18N2O6/c30-26(22-9-13-24(14-10-22)28(32)33)20-5-1-18(2-6-20)17-19-3-7-21(8-4-19)27(31)23-11-15-25(16-12-23)29(34)35/h1-16H,17H2. The van der Waals surface area contributed by atoms with E-state index in [-0.39, 0.29) is 22.9 Å². The molecule has 172 valence electrons. The average Bonchev–Trinajstić information content (AvgIpc) is 2.89. The van der Waals surface area contributed by atoms with Gasteiger partial charge in [0.15, 0.2) is 11.6 Å². The highest BCUT2D eigenvalue weighted by molar-refractivity contribution is 6.09. The molecular weight excluding hydrogens is 448 g/mol. The van der Waals surface area contributed by atoms with E-state index in [4.69, 9.17) is 0 Å². The van der Waals surface area contributed by atoms with Crippen molar-refractivity contribution in [3.8, 4) is 0 Å². The summed E-state index contributed by atoms with van der Waals surface area (Å²) >= 11 is 0. The van der Waals surface area contributed by atoms with Gasteiger partial charge in [0.25, 0.3) is 11.4 Å². The molecule has 8 heteroatoms. The quantitative estimate of drug-likeness (QED) is 0.191. The molecule has 0 amide bonds. The largest absolute Gasteiger partial charge is 0.289 e. The molecule has 0 spiro atoms. The van der Waals surface area contributed by atoms with Gasteiger partial charge in [-0.15, -0.1) is 0 Å². The van der Waals surface area contributed by atoms with Gasteiger partial charge < -0.3 is 0 Å². The number of benzene rings is 4. The number of hydrogen-bond acceptors (Lipinski definition) is 6. The van der Waals surface area contributed by atoms with Crippen molar-refractivity contribution in [2.45, 2.75) is 6.42 Å². The summed E-state index contributed by atoms with van der Waals surface area (Å²) in [5, 5.41) is 21.5. The van der Waals surface area contributed by atoms with Crippen LogP contribution in [0.1, 0.15) is 43.0 Å². The zero-order valence-electron chi connectivity index (χ0n) is 18.3. The lowest BCUT2D eigenvalue weighted by Gasteiger charge is -2.06. The van der Waals surface area contributed by atoms with E-state index in [2.05, 4.69) is 0 Å². The molecule has 0 atom stereocenters. The van der Waals surface area contributed by atoms with Gasteiger partial charge in [0.2, 0.25) is 0 Å². The monoisotopic (exact) mass is 466 g/mol. The Kier molecular flexibility index (Phi) is 6.55. The molecule has 0 aliphatic carbocycles. The summed E-state index contributed by atoms with van der Waals surface area (Å²) in [6, 6.07) is 25.2. The fourth-order valence-electron chi connectivity index (χ4n) is 3.59. The number of hydrogen-bond donors (Lipinski definition) is 0. The third-order valence-electron chi connectivity index (χ3n) is 5.52. The Hall–Kier alpha value is -4.98. The minimum Gasteiger partial charge on any atom is -0.289 e. The summed E-state index contributed by atoms with van der Waals surface area (Å²) in [5.74, 6) is -0.443. The number of rotatable bonds is 8. The molecular formula is C27H18N2O6. The van der Waals surface area contributed by atoms with Gasteiger partial charge in [-0.2, -0.15) is 0 Å². The lowest BCUT2D eigenvalue weighted by Crippen LogP contribution is -2.02. The third-order valence-corrected chi connectivity index (χ3v) is 5.52. The smallest absolute Gasteiger partial charge is 0.269 e. The van der Waals surface area contributed by atoms with Crippen LogP contribution in [0.5, 0.6) is 0 Å². The Morgan fingerprint density at radius 3 is 1.00 bits per heavy atom. The predicted molar refractivity (Wildman–Crippen MR) is 129 cm³/mol. The van der Waals surface area contributed by atoms with Gasteiger partial charge in [-0.05, 0) is 41.8 Å². The predicted octanol–water partition coefficient (Wildman–Crippen LogP) is 5.56. The maximum absolute atomic E-state index is 12.6. The van der Waals surface area contributed by atoms with E-state index in [0.29, 0.717) is 28.7 Å². The van der Waals surface area contributed by atoms with E-state index in [1.165, 1.54) is 48.5 Å². The van der Waals surface area contributed by atoms with Crippen LogP contribution in [0.15, 0.2) is 97.1 Å². The molecule has 35 heavy (non-hydrogen) atoms. The molecule has 0 aromatic heterocycles. The SMILES string of the molecule is O=C(c1ccc(Cc2ccc(C(=O)c3ccc([N+](=O)[O-])cc3)cc2)cc1)c1ccc([N+](=O)[O-])cc1. The van der Waals surface area contributed by atoms with Crippen LogP contribution in [0.25, 0.3) is 0 Å². The minimum atomic E-state index is -0.513. The zero-order valence-corrected chi connectivity index (χ0v) is 18.3. The normalized spacial score (nSPS) is 10.5. The summed E-state index contributed by atoms with van der Waals surface area (Å²) in [6.45, 7) is 0. The zero-order chi connectivity index (χ0) is 24.9. The highest BCUT2D eigenvalue weighted by Gasteiger charge is 2.13. The Morgan fingerprint density at radius 1 is 0.486 bits per heavy atom. The highest BCUT2D eigenvalue weighted by atomic mass is 16.6. The molecule has 4 aromatic rings. The number of nitrogens with zero attached hydrogens (tertiary/aromatic N) is 2. The summed E-state index contributed by atoms with van der Waals surface area (Å²) < 4.78 is 0. The Labute approximate surface area is 199 Å². The second kappa shape index (κ2) is 9.88. The molecule has 4 rings (SSSR count). The van der Waals surface area contributed by atoms with Crippen molar-refractivity contribution in [1.29, 1.82) is 0 Å². The van der Waals surface area contributed by atoms with Crippen molar-refractivity contribution in [3.63, 3.8) is 0 Å². The minimum absolute atomic E-state index is 0.0719. The topological polar surface area (TPSA) is 120 Å². The first-order chi connectivity index (χ1) is 16.8. The number of ketones is 2. The molecule has 0 saturated carbocycles. The number of carbonyl (C=O) groups excluding carboxylic acids is 2. The summed E-state index contributed by atoms with van der Waals surface area (Å²) in [7, 11) is 0. The Bertz CT molecular complexity index is 1300. The summed E-state index contributed by atoms with van der Waals surface area (Å²) in [5.41, 5.74) is 3.50. The summed E-state index contributed by atoms with van der Waals surface area (Å²) in [6.07, 6.45) is 0.595. The molecule has 0 radical (unpaired) electrons. The molecule has 0 N–H and O–H groups in total. The third kappa shape index (κ3) is 5.33. The van der Waals surface area contributed by atoms with Crippen LogP contribution in [0.4, 0.5) is 11.4 Å². The van der Waals surface area contributed by atoms with E-state index in [1.807, 2.05) is 24.3 Å². The average molecular weight is 466 g/mol. The van der Waals surface area contributed by atoms with Crippen molar-refractivity contribution in [3.05, 3.63) is 151 Å². The van der Waals surface area contributed by atoms with E-state index in [1.54, 1.807) is 24.3 Å². The number of nitro benzene ring substituents is 2. The molecule has 0 aliphatic rings. The first-order valence-electron chi connectivity index (χ1n) is 10.6. The van der Waals surface area contributed by atoms with Crippen LogP contribution < -0.4 is 0 Å². The molecule has 4 aromatic carbocycles. The Balaban J connectivity index is 1.41. The molecule has 0 unspecified atom stereocenters. The first kappa shape index (κ1) is 23.2. The Morgan fingerprint density at radius 2 is 0.743 bits per heavy atom. The van der Waals surface area contributed by atoms with Gasteiger partial charge in [0.1, 0.15) is 0 Å². The fourth-order valence-corrected chi connectivity index (χ4v) is 3.59. The van der Waals surface area contributed by atoms with Crippen LogP contribution in [-0.4, -0.2) is 21.4 Å². The lowest BCUT2D eigenvalue weighted by molar-refractivity contribution is -0.385. The van der Waals surface area contributed by atoms with Crippen molar-refractivity contribution in [2.75, 3.05) is 0 Å². The van der Waals surface area contributed by atoms with Crippen molar-refractivity contribution in [1.82, 2.24) is 0 Å². The number of carbonyl (C=O) groups is 2. The van der Waals surface area contributed by atoms with Crippen LogP contribution >= 0.6 is 0 Å². The number of nitro groups is 2. The van der Waals surface area contributed by atoms with E-state index in [9.17, 15) is 29.8 Å². The van der Waals surface area contributed by atoms with Gasteiger partial charge >= 0.3 is 0 Å². The van der Waals surface area contributed by atoms with Gasteiger partial charge in [0, 0.05) is 46.5 Å². The first-order valence-corrected chi connectivity index (χ1v) is 10.6. The van der Waals surface area contributed by atoms with Crippen molar-refractivity contribution < 1.29 is 19.4 Å². The van der Waals surface area contributed by atoms with E-state index in [0.717, 1.165) is 11.1 Å². The second-order valence-electron chi connectivity index (χ2n) is 7.84. The van der Waals surface area contributed by atoms with Crippen LogP contribution in [-0.2, 0) is 6.42 Å². The van der Waals surface area contributed by atoms with Gasteiger partial charge in [-0.25, -0.2) is 0 Å². The molecule has 0 heterocycles. The van der Waals surface area contributed by atoms with Gasteiger partial charge in [0.05, 0.1) is 9.85 Å². The van der Waals surface area contributed by atoms with Crippen LogP contribution in [0, 0.1) is 20.2 Å². The molecule has 0 bridgehead atoms. The van der Waals surface area contributed by atoms with Crippen molar-refractivity contribution in [2.24, 2.45) is 0 Å². The molecule has 0 aliphatic heterocycles. The maximum atomic E-state index is 12.6. The van der Waals surface area contributed by atoms with E-state index < -0.39 is 9.85 Å². The fraction of sp³-hybridized carbons (Fsp3) is 0.0370. The summed E-state index contributed by atoms with van der Waals surface area (Å²) in [4.78, 5) is 45.8. The van der Waals surface area contributed by atoms with Crippen LogP contribution in [0.2, 0.25) is 0 Å². The molecule has 0 fully saturated rings. The van der Waals surface area contributed by atoms with Gasteiger partial charge in [-0.1, -0.05) is 48.5 Å². The second-order valence-corrected chi connectivity index (χ2v) is 7.84. The number of non-ortho nitro benzene ring substituents is 2. The van der Waals surface area contributed by atoms with Crippen molar-refractivity contribution >= 4 is 22.9 Å². The van der Waals surface area contributed by atoms with Gasteiger partial charge in [-0.3, -0.25) is 29.8 Å². The van der Waals surface area contributed by atoms with Crippen LogP contribution in [0.3, 0.4) is 0 Å². The van der Waals surface area contributed by atoms with E-state index >= 15 is 0 Å². The molecule has 0 saturated heterocycles. The maximum Gasteiger partial charge on any atom is 0.269 e. The highest BCUT2D eigenvalue weighted by Crippen LogP contribution is 2.19.